The molecule has 3 aromatic rings. The van der Waals surface area contributed by atoms with Gasteiger partial charge in [-0.15, -0.1) is 0 Å². The highest BCUT2D eigenvalue weighted by Gasteiger charge is 2.33. The van der Waals surface area contributed by atoms with Gasteiger partial charge in [0.05, 0.1) is 23.4 Å². The molecule has 0 spiro atoms. The molecule has 10 heteroatoms. The summed E-state index contributed by atoms with van der Waals surface area (Å²) in [6.45, 7) is 0.117. The Kier molecular flexibility index (Phi) is 7.84. The van der Waals surface area contributed by atoms with Crippen molar-refractivity contribution in [1.82, 2.24) is 20.1 Å². The molecule has 0 saturated carbocycles. The first-order valence-corrected chi connectivity index (χ1v) is 11.7. The van der Waals surface area contributed by atoms with E-state index in [9.17, 15) is 18.0 Å². The van der Waals surface area contributed by atoms with Gasteiger partial charge in [0.25, 0.3) is 0 Å². The summed E-state index contributed by atoms with van der Waals surface area (Å²) in [7, 11) is 1.82. The Balaban J connectivity index is 1.47. The number of allylic oxidation sites excluding steroid dienone is 2. The predicted octanol–water partition coefficient (Wildman–Crippen LogP) is 4.79. The van der Waals surface area contributed by atoms with E-state index in [-0.39, 0.29) is 30.0 Å². The smallest absolute Gasteiger partial charge is 0.309 e. The van der Waals surface area contributed by atoms with Crippen LogP contribution in [0.15, 0.2) is 72.7 Å². The molecule has 1 amide bonds. The van der Waals surface area contributed by atoms with Crippen LogP contribution in [0.25, 0.3) is 11.1 Å². The molecule has 0 bridgehead atoms. The number of anilines is 1. The summed E-state index contributed by atoms with van der Waals surface area (Å²) in [5.41, 5.74) is 1.64. The molecule has 1 unspecified atom stereocenters. The van der Waals surface area contributed by atoms with Crippen LogP contribution in [0.2, 0.25) is 0 Å². The van der Waals surface area contributed by atoms with Gasteiger partial charge in [-0.1, -0.05) is 24.3 Å². The Hall–Kier alpha value is -4.23. The second kappa shape index (κ2) is 11.2. The van der Waals surface area contributed by atoms with Crippen LogP contribution in [0.4, 0.5) is 19.0 Å². The second-order valence-electron chi connectivity index (χ2n) is 8.63. The third-order valence-corrected chi connectivity index (χ3v) is 5.96. The number of aromatic nitrogens is 3. The standard InChI is InChI=1S/C27H25F3N6O/c1-36-17-22(16-34-36)21-9-10-24(33-15-21)35-26(37)25(20-5-3-2-4-6-20)32-12-11-19-8-7-18(14-31)13-23(19)27(28,29)30/h3,5-10,13,15-17,25,32H,2,4,11-12H2,1H3,(H,33,35,37). The van der Waals surface area contributed by atoms with Crippen molar-refractivity contribution in [2.75, 3.05) is 11.9 Å². The lowest BCUT2D eigenvalue weighted by molar-refractivity contribution is -0.138. The van der Waals surface area contributed by atoms with Gasteiger partial charge in [0.1, 0.15) is 11.9 Å². The number of nitrogens with zero attached hydrogens (tertiary/aromatic N) is 4. The highest BCUT2D eigenvalue weighted by Crippen LogP contribution is 2.33. The molecule has 7 nitrogen and oxygen atoms in total. The number of nitriles is 1. The van der Waals surface area contributed by atoms with E-state index in [1.807, 2.05) is 37.5 Å². The number of carbonyl (C=O) groups excluding carboxylic acids is 1. The lowest BCUT2D eigenvalue weighted by Crippen LogP contribution is -2.43. The summed E-state index contributed by atoms with van der Waals surface area (Å²) in [5, 5.41) is 19.0. The monoisotopic (exact) mass is 506 g/mol. The van der Waals surface area contributed by atoms with Gasteiger partial charge in [0.2, 0.25) is 5.91 Å². The van der Waals surface area contributed by atoms with E-state index in [1.54, 1.807) is 29.2 Å². The number of benzene rings is 1. The van der Waals surface area contributed by atoms with Gasteiger partial charge < -0.3 is 10.6 Å². The van der Waals surface area contributed by atoms with Crippen LogP contribution >= 0.6 is 0 Å². The van der Waals surface area contributed by atoms with Crippen LogP contribution in [0, 0.1) is 11.3 Å². The molecule has 0 fully saturated rings. The maximum Gasteiger partial charge on any atom is 0.416 e. The van der Waals surface area contributed by atoms with Gasteiger partial charge in [-0.05, 0) is 54.7 Å². The van der Waals surface area contributed by atoms with Crippen LogP contribution in [0.1, 0.15) is 29.5 Å². The van der Waals surface area contributed by atoms with Gasteiger partial charge in [0, 0.05) is 37.1 Å². The van der Waals surface area contributed by atoms with E-state index in [1.165, 1.54) is 12.1 Å². The molecule has 2 heterocycles. The molecule has 2 N–H and O–H groups in total. The molecule has 190 valence electrons. The molecular weight excluding hydrogens is 481 g/mol. The van der Waals surface area contributed by atoms with Gasteiger partial charge in [-0.3, -0.25) is 9.48 Å². The predicted molar refractivity (Wildman–Crippen MR) is 133 cm³/mol. The summed E-state index contributed by atoms with van der Waals surface area (Å²) in [6.07, 6.45) is 8.03. The van der Waals surface area contributed by atoms with Crippen molar-refractivity contribution in [2.24, 2.45) is 7.05 Å². The number of rotatable bonds is 8. The van der Waals surface area contributed by atoms with Crippen LogP contribution in [-0.2, 0) is 24.4 Å². The average molecular weight is 507 g/mol. The van der Waals surface area contributed by atoms with Crippen molar-refractivity contribution in [3.05, 3.63) is 89.4 Å². The molecule has 4 rings (SSSR count). The third-order valence-electron chi connectivity index (χ3n) is 5.96. The van der Waals surface area contributed by atoms with Crippen molar-refractivity contribution in [3.63, 3.8) is 0 Å². The number of amides is 1. The van der Waals surface area contributed by atoms with Crippen molar-refractivity contribution in [1.29, 1.82) is 5.26 Å². The minimum atomic E-state index is -4.58. The Morgan fingerprint density at radius 2 is 2.03 bits per heavy atom. The number of hydrogen-bond acceptors (Lipinski definition) is 5. The molecule has 0 aliphatic heterocycles. The number of carbonyl (C=O) groups is 1. The van der Waals surface area contributed by atoms with Gasteiger partial charge in [0.15, 0.2) is 0 Å². The lowest BCUT2D eigenvalue weighted by Gasteiger charge is -2.22. The number of alkyl halides is 3. The Morgan fingerprint density at radius 3 is 2.65 bits per heavy atom. The average Bonchev–Trinajstić information content (AvgIpc) is 3.33. The number of pyridine rings is 1. The van der Waals surface area contributed by atoms with Gasteiger partial charge in [-0.2, -0.15) is 23.5 Å². The fourth-order valence-electron chi connectivity index (χ4n) is 4.10. The molecular formula is C27H25F3N6O. The Bertz CT molecular complexity index is 1370. The number of nitrogens with one attached hydrogen (secondary N) is 2. The lowest BCUT2D eigenvalue weighted by atomic mass is 9.98. The SMILES string of the molecule is Cn1cc(-c2ccc(NC(=O)C(NCCc3ccc(C#N)cc3C(F)(F)F)C3=CCCC=C3)nc2)cn1. The van der Waals surface area contributed by atoms with Crippen molar-refractivity contribution in [2.45, 2.75) is 31.5 Å². The summed E-state index contributed by atoms with van der Waals surface area (Å²) >= 11 is 0. The molecule has 1 atom stereocenters. The van der Waals surface area contributed by atoms with Crippen molar-refractivity contribution < 1.29 is 18.0 Å². The molecule has 1 aliphatic carbocycles. The van der Waals surface area contributed by atoms with Crippen LogP contribution < -0.4 is 10.6 Å². The molecule has 0 radical (unpaired) electrons. The number of hydrogen-bond donors (Lipinski definition) is 2. The maximum absolute atomic E-state index is 13.5. The fraction of sp³-hybridized carbons (Fsp3) is 0.259. The summed E-state index contributed by atoms with van der Waals surface area (Å²) < 4.78 is 42.3. The van der Waals surface area contributed by atoms with Crippen molar-refractivity contribution >= 4 is 11.7 Å². The third kappa shape index (κ3) is 6.51. The summed E-state index contributed by atoms with van der Waals surface area (Å²) in [6, 6.07) is 8.01. The van der Waals surface area contributed by atoms with Crippen LogP contribution in [0.3, 0.4) is 0 Å². The minimum absolute atomic E-state index is 0.0272. The van der Waals surface area contributed by atoms with Crippen molar-refractivity contribution in [3.8, 4) is 17.2 Å². The van der Waals surface area contributed by atoms with E-state index in [0.29, 0.717) is 5.82 Å². The van der Waals surface area contributed by atoms with Crippen LogP contribution in [0.5, 0.6) is 0 Å². The van der Waals surface area contributed by atoms with E-state index in [0.717, 1.165) is 35.6 Å². The zero-order valence-electron chi connectivity index (χ0n) is 20.1. The first-order valence-electron chi connectivity index (χ1n) is 11.7. The summed E-state index contributed by atoms with van der Waals surface area (Å²) in [4.78, 5) is 17.5. The summed E-state index contributed by atoms with van der Waals surface area (Å²) in [5.74, 6) is -0.00780. The fourth-order valence-corrected chi connectivity index (χ4v) is 4.10. The molecule has 37 heavy (non-hydrogen) atoms. The van der Waals surface area contributed by atoms with E-state index >= 15 is 0 Å². The molecule has 0 saturated heterocycles. The van der Waals surface area contributed by atoms with Crippen LogP contribution in [-0.4, -0.2) is 33.3 Å². The zero-order valence-corrected chi connectivity index (χ0v) is 20.1. The quantitative estimate of drug-likeness (QED) is 0.458. The topological polar surface area (TPSA) is 95.6 Å². The van der Waals surface area contributed by atoms with Gasteiger partial charge in [-0.25, -0.2) is 4.98 Å². The number of halogens is 3. The molecule has 1 aliphatic rings. The van der Waals surface area contributed by atoms with E-state index in [2.05, 4.69) is 20.7 Å². The Labute approximate surface area is 212 Å². The molecule has 2 aromatic heterocycles. The first kappa shape index (κ1) is 25.9. The highest BCUT2D eigenvalue weighted by molar-refractivity contribution is 5.96. The first-order chi connectivity index (χ1) is 17.7. The normalized spacial score (nSPS) is 14.1. The second-order valence-corrected chi connectivity index (χ2v) is 8.63. The molecule has 1 aromatic carbocycles. The minimum Gasteiger partial charge on any atom is -0.309 e. The Morgan fingerprint density at radius 1 is 1.19 bits per heavy atom. The van der Waals surface area contributed by atoms with Gasteiger partial charge >= 0.3 is 6.18 Å². The zero-order chi connectivity index (χ0) is 26.4. The number of aryl methyl sites for hydroxylation is 1. The largest absolute Gasteiger partial charge is 0.416 e. The van der Waals surface area contributed by atoms with E-state index < -0.39 is 17.8 Å². The highest BCUT2D eigenvalue weighted by atomic mass is 19.4. The maximum atomic E-state index is 13.5. The van der Waals surface area contributed by atoms with E-state index in [4.69, 9.17) is 5.26 Å².